The van der Waals surface area contributed by atoms with E-state index in [1.807, 2.05) is 25.1 Å². The van der Waals surface area contributed by atoms with E-state index >= 15 is 0 Å². The number of fused-ring (bicyclic) bond motifs is 1. The quantitative estimate of drug-likeness (QED) is 0.653. The van der Waals surface area contributed by atoms with E-state index in [0.29, 0.717) is 16.8 Å². The Bertz CT molecular complexity index is 764. The Morgan fingerprint density at radius 3 is 2.67 bits per heavy atom. The second-order valence-electron chi connectivity index (χ2n) is 4.01. The number of benzene rings is 1. The molecule has 0 radical (unpaired) electrons. The van der Waals surface area contributed by atoms with Gasteiger partial charge in [0.1, 0.15) is 0 Å². The van der Waals surface area contributed by atoms with Crippen LogP contribution >= 0.6 is 0 Å². The normalized spacial score (nSPS) is 10.7. The standard InChI is InChI=1S/C14H10N2O2/c1-9-3-2-4-11-12(9)14(17)18-13(16-11)10-5-7-15-8-6-10/h2-8H,1H3. The molecule has 88 valence electrons. The second-order valence-corrected chi connectivity index (χ2v) is 4.01. The van der Waals surface area contributed by atoms with Crippen LogP contribution in [0, 0.1) is 6.92 Å². The van der Waals surface area contributed by atoms with Crippen molar-refractivity contribution in [1.82, 2.24) is 9.97 Å². The molecule has 0 amide bonds. The Hall–Kier alpha value is -2.49. The lowest BCUT2D eigenvalue weighted by Gasteiger charge is -2.02. The average Bonchev–Trinajstić information content (AvgIpc) is 2.39. The van der Waals surface area contributed by atoms with Crippen molar-refractivity contribution in [3.63, 3.8) is 0 Å². The second kappa shape index (κ2) is 4.07. The third-order valence-corrected chi connectivity index (χ3v) is 2.79. The van der Waals surface area contributed by atoms with Gasteiger partial charge in [0, 0.05) is 18.0 Å². The summed E-state index contributed by atoms with van der Waals surface area (Å²) in [6.45, 7) is 1.87. The Balaban J connectivity index is 2.33. The molecule has 0 spiro atoms. The van der Waals surface area contributed by atoms with Crippen molar-refractivity contribution in [3.05, 3.63) is 58.7 Å². The minimum absolute atomic E-state index is 0.320. The van der Waals surface area contributed by atoms with E-state index in [2.05, 4.69) is 9.97 Å². The van der Waals surface area contributed by atoms with Crippen LogP contribution in [-0.4, -0.2) is 9.97 Å². The largest absolute Gasteiger partial charge is 0.403 e. The first-order chi connectivity index (χ1) is 8.75. The van der Waals surface area contributed by atoms with Crippen LogP contribution in [0.25, 0.3) is 22.4 Å². The van der Waals surface area contributed by atoms with Gasteiger partial charge in [-0.3, -0.25) is 4.98 Å². The van der Waals surface area contributed by atoms with Crippen molar-refractivity contribution < 1.29 is 4.42 Å². The zero-order valence-electron chi connectivity index (χ0n) is 9.75. The van der Waals surface area contributed by atoms with Gasteiger partial charge in [-0.1, -0.05) is 12.1 Å². The zero-order valence-corrected chi connectivity index (χ0v) is 9.75. The van der Waals surface area contributed by atoms with E-state index in [1.54, 1.807) is 24.5 Å². The van der Waals surface area contributed by atoms with Crippen LogP contribution in [-0.2, 0) is 0 Å². The molecule has 0 bridgehead atoms. The van der Waals surface area contributed by atoms with E-state index in [4.69, 9.17) is 4.42 Å². The lowest BCUT2D eigenvalue weighted by Crippen LogP contribution is -2.04. The van der Waals surface area contributed by atoms with Crippen LogP contribution in [0.4, 0.5) is 0 Å². The molecule has 2 heterocycles. The topological polar surface area (TPSA) is 56.0 Å². The molecule has 0 saturated carbocycles. The molecular formula is C14H10N2O2. The molecule has 0 fully saturated rings. The number of aromatic nitrogens is 2. The Labute approximate surface area is 103 Å². The van der Waals surface area contributed by atoms with Crippen molar-refractivity contribution in [2.45, 2.75) is 6.92 Å². The van der Waals surface area contributed by atoms with Gasteiger partial charge in [0.05, 0.1) is 10.9 Å². The lowest BCUT2D eigenvalue weighted by molar-refractivity contribution is 0.518. The van der Waals surface area contributed by atoms with Crippen molar-refractivity contribution in [3.8, 4) is 11.5 Å². The lowest BCUT2D eigenvalue weighted by atomic mass is 10.1. The monoisotopic (exact) mass is 238 g/mol. The van der Waals surface area contributed by atoms with Crippen LogP contribution in [0.3, 0.4) is 0 Å². The van der Waals surface area contributed by atoms with Crippen molar-refractivity contribution in [2.24, 2.45) is 0 Å². The summed E-state index contributed by atoms with van der Waals surface area (Å²) in [7, 11) is 0. The summed E-state index contributed by atoms with van der Waals surface area (Å²) in [4.78, 5) is 20.3. The van der Waals surface area contributed by atoms with Crippen LogP contribution in [0.1, 0.15) is 5.56 Å². The molecule has 0 aliphatic carbocycles. The highest BCUT2D eigenvalue weighted by Gasteiger charge is 2.09. The number of aryl methyl sites for hydroxylation is 1. The maximum Gasteiger partial charge on any atom is 0.347 e. The van der Waals surface area contributed by atoms with Crippen molar-refractivity contribution >= 4 is 10.9 Å². The molecule has 0 unspecified atom stereocenters. The van der Waals surface area contributed by atoms with Crippen LogP contribution in [0.15, 0.2) is 51.9 Å². The average molecular weight is 238 g/mol. The molecule has 0 aliphatic rings. The molecule has 3 rings (SSSR count). The van der Waals surface area contributed by atoms with Gasteiger partial charge in [0.2, 0.25) is 5.89 Å². The maximum absolute atomic E-state index is 12.0. The first-order valence-electron chi connectivity index (χ1n) is 5.56. The number of hydrogen-bond acceptors (Lipinski definition) is 4. The SMILES string of the molecule is Cc1cccc2nc(-c3ccncc3)oc(=O)c12. The van der Waals surface area contributed by atoms with Gasteiger partial charge < -0.3 is 4.42 Å². The maximum atomic E-state index is 12.0. The number of rotatable bonds is 1. The van der Waals surface area contributed by atoms with E-state index in [0.717, 1.165) is 11.1 Å². The van der Waals surface area contributed by atoms with Crippen LogP contribution < -0.4 is 5.63 Å². The van der Waals surface area contributed by atoms with Crippen molar-refractivity contribution in [1.29, 1.82) is 0 Å². The molecule has 0 N–H and O–H groups in total. The summed E-state index contributed by atoms with van der Waals surface area (Å²) in [5.41, 5.74) is 1.91. The summed E-state index contributed by atoms with van der Waals surface area (Å²) < 4.78 is 5.26. The van der Waals surface area contributed by atoms with Gasteiger partial charge in [0.15, 0.2) is 0 Å². The predicted molar refractivity (Wildman–Crippen MR) is 68.2 cm³/mol. The number of hydrogen-bond donors (Lipinski definition) is 0. The highest BCUT2D eigenvalue weighted by molar-refractivity contribution is 5.81. The van der Waals surface area contributed by atoms with Gasteiger partial charge in [-0.05, 0) is 30.7 Å². The fraction of sp³-hybridized carbons (Fsp3) is 0.0714. The van der Waals surface area contributed by atoms with Crippen LogP contribution in [0.2, 0.25) is 0 Å². The minimum atomic E-state index is -0.357. The summed E-state index contributed by atoms with van der Waals surface area (Å²) in [5.74, 6) is 0.320. The molecular weight excluding hydrogens is 228 g/mol. The molecule has 0 atom stereocenters. The fourth-order valence-corrected chi connectivity index (χ4v) is 1.90. The number of nitrogens with zero attached hydrogens (tertiary/aromatic N) is 2. The third kappa shape index (κ3) is 1.68. The molecule has 4 nitrogen and oxygen atoms in total. The molecule has 3 aromatic rings. The summed E-state index contributed by atoms with van der Waals surface area (Å²) in [5, 5.41) is 0.537. The van der Waals surface area contributed by atoms with E-state index in [-0.39, 0.29) is 5.63 Å². The smallest absolute Gasteiger partial charge is 0.347 e. The summed E-state index contributed by atoms with van der Waals surface area (Å²) >= 11 is 0. The van der Waals surface area contributed by atoms with Crippen molar-refractivity contribution in [2.75, 3.05) is 0 Å². The Morgan fingerprint density at radius 2 is 1.89 bits per heavy atom. The zero-order chi connectivity index (χ0) is 12.5. The third-order valence-electron chi connectivity index (χ3n) is 2.79. The van der Waals surface area contributed by atoms with Gasteiger partial charge in [0.25, 0.3) is 0 Å². The van der Waals surface area contributed by atoms with Gasteiger partial charge in [-0.15, -0.1) is 0 Å². The Kier molecular flexibility index (Phi) is 2.41. The first kappa shape index (κ1) is 10.7. The Morgan fingerprint density at radius 1 is 1.11 bits per heavy atom. The first-order valence-corrected chi connectivity index (χ1v) is 5.56. The molecule has 18 heavy (non-hydrogen) atoms. The minimum Gasteiger partial charge on any atom is -0.403 e. The highest BCUT2D eigenvalue weighted by atomic mass is 16.4. The fourth-order valence-electron chi connectivity index (χ4n) is 1.90. The summed E-state index contributed by atoms with van der Waals surface area (Å²) in [6, 6.07) is 9.07. The highest BCUT2D eigenvalue weighted by Crippen LogP contribution is 2.18. The molecule has 4 heteroatoms. The predicted octanol–water partition coefficient (Wildman–Crippen LogP) is 2.56. The van der Waals surface area contributed by atoms with Gasteiger partial charge in [-0.25, -0.2) is 9.78 Å². The summed E-state index contributed by atoms with van der Waals surface area (Å²) in [6.07, 6.45) is 3.27. The molecule has 2 aromatic heterocycles. The van der Waals surface area contributed by atoms with E-state index in [9.17, 15) is 4.79 Å². The van der Waals surface area contributed by atoms with E-state index < -0.39 is 0 Å². The number of pyridine rings is 1. The molecule has 0 aliphatic heterocycles. The van der Waals surface area contributed by atoms with Gasteiger partial charge >= 0.3 is 5.63 Å². The van der Waals surface area contributed by atoms with E-state index in [1.165, 1.54) is 0 Å². The molecule has 1 aromatic carbocycles. The van der Waals surface area contributed by atoms with Gasteiger partial charge in [-0.2, -0.15) is 0 Å². The van der Waals surface area contributed by atoms with Crippen LogP contribution in [0.5, 0.6) is 0 Å². The molecule has 0 saturated heterocycles.